The number of esters is 1. The molecule has 0 fully saturated rings. The summed E-state index contributed by atoms with van der Waals surface area (Å²) in [5.41, 5.74) is 2.21. The maximum Gasteiger partial charge on any atom is 0.335 e. The highest BCUT2D eigenvalue weighted by Crippen LogP contribution is 2.12. The molecule has 2 rings (SSSR count). The van der Waals surface area contributed by atoms with Gasteiger partial charge >= 0.3 is 5.97 Å². The largest absolute Gasteiger partial charge is 0.463 e. The molecule has 0 saturated heterocycles. The van der Waals surface area contributed by atoms with Crippen molar-refractivity contribution in [2.75, 3.05) is 12.4 Å². The molecule has 0 amide bonds. The lowest BCUT2D eigenvalue weighted by atomic mass is 10.2. The zero-order chi connectivity index (χ0) is 17.9. The molecule has 0 heterocycles. The molecule has 0 bridgehead atoms. The van der Waals surface area contributed by atoms with Gasteiger partial charge in [-0.3, -0.25) is 4.79 Å². The first-order chi connectivity index (χ1) is 12.1. The number of aryl methyl sites for hydroxylation is 1. The van der Waals surface area contributed by atoms with Crippen molar-refractivity contribution >= 4 is 22.8 Å². The van der Waals surface area contributed by atoms with Crippen LogP contribution in [0.3, 0.4) is 0 Å². The summed E-state index contributed by atoms with van der Waals surface area (Å²) in [7, 11) is 0. The first-order valence-electron chi connectivity index (χ1n) is 8.23. The van der Waals surface area contributed by atoms with Crippen LogP contribution >= 0.6 is 11.8 Å². The van der Waals surface area contributed by atoms with Gasteiger partial charge in [0, 0.05) is 12.2 Å². The fraction of sp³-hybridized carbons (Fsp3) is 0.300. The Balaban J connectivity index is 1.61. The smallest absolute Gasteiger partial charge is 0.335 e. The second-order valence-electron chi connectivity index (χ2n) is 5.58. The normalized spacial score (nSPS) is 11.7. The van der Waals surface area contributed by atoms with E-state index in [-0.39, 0.29) is 18.1 Å². The van der Waals surface area contributed by atoms with Crippen molar-refractivity contribution < 1.29 is 19.4 Å². The van der Waals surface area contributed by atoms with Crippen molar-refractivity contribution in [2.45, 2.75) is 25.4 Å². The van der Waals surface area contributed by atoms with Crippen LogP contribution in [0.1, 0.15) is 17.5 Å². The van der Waals surface area contributed by atoms with Gasteiger partial charge in [0.25, 0.3) is 0 Å². The Morgan fingerprint density at radius 2 is 1.48 bits per heavy atom. The predicted molar refractivity (Wildman–Crippen MR) is 99.3 cm³/mol. The Hall–Kier alpha value is -2.11. The van der Waals surface area contributed by atoms with E-state index >= 15 is 0 Å². The summed E-state index contributed by atoms with van der Waals surface area (Å²) >= 11 is 1.13. The van der Waals surface area contributed by atoms with Crippen molar-refractivity contribution in [3.05, 3.63) is 71.8 Å². The van der Waals surface area contributed by atoms with E-state index in [0.717, 1.165) is 29.3 Å². The minimum absolute atomic E-state index is 0.190. The van der Waals surface area contributed by atoms with Gasteiger partial charge < -0.3 is 9.84 Å². The van der Waals surface area contributed by atoms with Crippen LogP contribution in [0.15, 0.2) is 60.7 Å². The number of benzene rings is 2. The van der Waals surface area contributed by atoms with E-state index in [1.807, 2.05) is 60.7 Å². The fourth-order valence-corrected chi connectivity index (χ4v) is 3.08. The Kier molecular flexibility index (Phi) is 8.22. The molecule has 0 spiro atoms. The Morgan fingerprint density at radius 3 is 2.08 bits per heavy atom. The van der Waals surface area contributed by atoms with Crippen LogP contribution in [-0.2, 0) is 27.2 Å². The molecule has 4 nitrogen and oxygen atoms in total. The summed E-state index contributed by atoms with van der Waals surface area (Å²) in [5, 5.41) is 9.59. The third-order valence-electron chi connectivity index (χ3n) is 3.61. The molecule has 0 saturated carbocycles. The zero-order valence-electron chi connectivity index (χ0n) is 14.0. The van der Waals surface area contributed by atoms with Gasteiger partial charge in [0.15, 0.2) is 11.2 Å². The SMILES string of the molecule is O=C(CC(O)C(=O)OCCc1ccccc1)SCCc1ccccc1. The highest BCUT2D eigenvalue weighted by Gasteiger charge is 2.20. The van der Waals surface area contributed by atoms with E-state index in [1.165, 1.54) is 0 Å². The third kappa shape index (κ3) is 7.54. The van der Waals surface area contributed by atoms with Crippen LogP contribution in [0.4, 0.5) is 0 Å². The number of carbonyl (C=O) groups excluding carboxylic acids is 2. The number of ether oxygens (including phenoxy) is 1. The van der Waals surface area contributed by atoms with Crippen molar-refractivity contribution in [1.29, 1.82) is 0 Å². The molecule has 132 valence electrons. The fourth-order valence-electron chi connectivity index (χ4n) is 2.24. The number of thioether (sulfide) groups is 1. The van der Waals surface area contributed by atoms with Gasteiger partial charge in [-0.15, -0.1) is 0 Å². The molecule has 1 N–H and O–H groups in total. The lowest BCUT2D eigenvalue weighted by molar-refractivity contribution is -0.154. The lowest BCUT2D eigenvalue weighted by Gasteiger charge is -2.10. The summed E-state index contributed by atoms with van der Waals surface area (Å²) in [5.74, 6) is -0.119. The first-order valence-corrected chi connectivity index (χ1v) is 9.22. The van der Waals surface area contributed by atoms with Crippen molar-refractivity contribution in [3.8, 4) is 0 Å². The Morgan fingerprint density at radius 1 is 0.920 bits per heavy atom. The van der Waals surface area contributed by atoms with Crippen molar-refractivity contribution in [2.24, 2.45) is 0 Å². The molecular weight excluding hydrogens is 336 g/mol. The van der Waals surface area contributed by atoms with Crippen LogP contribution in [0, 0.1) is 0 Å². The molecule has 0 aliphatic heterocycles. The highest BCUT2D eigenvalue weighted by molar-refractivity contribution is 8.13. The van der Waals surface area contributed by atoms with Crippen LogP contribution in [-0.4, -0.2) is 34.7 Å². The van der Waals surface area contributed by atoms with Crippen LogP contribution in [0.5, 0.6) is 0 Å². The van der Waals surface area contributed by atoms with E-state index < -0.39 is 12.1 Å². The van der Waals surface area contributed by atoms with Gasteiger partial charge in [-0.25, -0.2) is 4.79 Å². The predicted octanol–water partition coefficient (Wildman–Crippen LogP) is 3.03. The molecular formula is C20H22O4S. The minimum Gasteiger partial charge on any atom is -0.463 e. The third-order valence-corrected chi connectivity index (χ3v) is 4.50. The van der Waals surface area contributed by atoms with Crippen molar-refractivity contribution in [3.63, 3.8) is 0 Å². The summed E-state index contributed by atoms with van der Waals surface area (Å²) in [6, 6.07) is 19.5. The topological polar surface area (TPSA) is 63.6 Å². The van der Waals surface area contributed by atoms with Crippen LogP contribution in [0.2, 0.25) is 0 Å². The highest BCUT2D eigenvalue weighted by atomic mass is 32.2. The molecule has 0 aliphatic carbocycles. The number of hydrogen-bond donors (Lipinski definition) is 1. The van der Waals surface area contributed by atoms with Gasteiger partial charge in [-0.2, -0.15) is 0 Å². The minimum atomic E-state index is -1.40. The Labute approximate surface area is 152 Å². The maximum absolute atomic E-state index is 11.8. The van der Waals surface area contributed by atoms with Gasteiger partial charge in [-0.1, -0.05) is 72.4 Å². The molecule has 0 aromatic heterocycles. The van der Waals surface area contributed by atoms with E-state index in [9.17, 15) is 14.7 Å². The average molecular weight is 358 g/mol. The molecule has 0 aliphatic rings. The summed E-state index contributed by atoms with van der Waals surface area (Å²) in [6.07, 6.45) is -0.259. The quantitative estimate of drug-likeness (QED) is 0.698. The lowest BCUT2D eigenvalue weighted by Crippen LogP contribution is -2.26. The average Bonchev–Trinajstić information content (AvgIpc) is 2.63. The van der Waals surface area contributed by atoms with Gasteiger partial charge in [0.2, 0.25) is 0 Å². The number of aliphatic hydroxyl groups excluding tert-OH is 1. The standard InChI is InChI=1S/C20H22O4S/c21-18(20(23)24-13-11-16-7-3-1-4-8-16)15-19(22)25-14-12-17-9-5-2-6-10-17/h1-10,18,21H,11-15H2. The summed E-state index contributed by atoms with van der Waals surface area (Å²) in [6.45, 7) is 0.190. The van der Waals surface area contributed by atoms with E-state index in [1.54, 1.807) is 0 Å². The van der Waals surface area contributed by atoms with E-state index in [4.69, 9.17) is 4.74 Å². The molecule has 1 unspecified atom stereocenters. The first kappa shape index (κ1) is 19.2. The van der Waals surface area contributed by atoms with Gasteiger partial charge in [-0.05, 0) is 17.5 Å². The van der Waals surface area contributed by atoms with Crippen molar-refractivity contribution in [1.82, 2.24) is 0 Å². The molecule has 2 aromatic rings. The maximum atomic E-state index is 11.8. The van der Waals surface area contributed by atoms with E-state index in [0.29, 0.717) is 12.2 Å². The molecule has 25 heavy (non-hydrogen) atoms. The summed E-state index contributed by atoms with van der Waals surface area (Å²) in [4.78, 5) is 23.6. The van der Waals surface area contributed by atoms with Gasteiger partial charge in [0.1, 0.15) is 0 Å². The van der Waals surface area contributed by atoms with Crippen LogP contribution < -0.4 is 0 Å². The van der Waals surface area contributed by atoms with E-state index in [2.05, 4.69) is 0 Å². The molecule has 1 atom stereocenters. The number of rotatable bonds is 9. The number of carbonyl (C=O) groups is 2. The zero-order valence-corrected chi connectivity index (χ0v) is 14.8. The second kappa shape index (κ2) is 10.7. The molecule has 5 heteroatoms. The molecule has 2 aromatic carbocycles. The Bertz CT molecular complexity index is 658. The number of hydrogen-bond acceptors (Lipinski definition) is 5. The van der Waals surface area contributed by atoms with Crippen LogP contribution in [0.25, 0.3) is 0 Å². The number of aliphatic hydroxyl groups is 1. The molecule has 0 radical (unpaired) electrons. The van der Waals surface area contributed by atoms with Gasteiger partial charge in [0.05, 0.1) is 13.0 Å². The second-order valence-corrected chi connectivity index (χ2v) is 6.73. The summed E-state index contributed by atoms with van der Waals surface area (Å²) < 4.78 is 5.03. The monoisotopic (exact) mass is 358 g/mol.